The number of benzene rings is 2. The van der Waals surface area contributed by atoms with Gasteiger partial charge in [-0.25, -0.2) is 0 Å². The summed E-state index contributed by atoms with van der Waals surface area (Å²) >= 11 is 7.22. The van der Waals surface area contributed by atoms with E-state index in [2.05, 4.69) is 5.32 Å². The van der Waals surface area contributed by atoms with Crippen LogP contribution in [-0.4, -0.2) is 23.5 Å². The Kier molecular flexibility index (Phi) is 5.74. The van der Waals surface area contributed by atoms with E-state index >= 15 is 0 Å². The maximum atomic E-state index is 12.6. The van der Waals surface area contributed by atoms with Gasteiger partial charge in [0, 0.05) is 15.6 Å². The molecular weight excluding hydrogens is 408 g/mol. The third kappa shape index (κ3) is 4.23. The molecule has 7 heteroatoms. The van der Waals surface area contributed by atoms with E-state index in [1.807, 2.05) is 24.3 Å². The fraction of sp³-hybridized carbons (Fsp3) is 0.227. The molecular formula is C22H19ClN2O3S. The standard InChI is InChI=1S/C22H19ClN2O3S/c23-14-5-7-15(8-6-14)24-20(26)13-29-17-11-9-16(10-12-17)25-21(27)18-3-1-2-4-19(18)22(25)28/h1-2,5-12,18-19H,3-4,13H2,(H,24,26). The largest absolute Gasteiger partial charge is 0.325 e. The minimum absolute atomic E-state index is 0.118. The van der Waals surface area contributed by atoms with E-state index in [9.17, 15) is 14.4 Å². The van der Waals surface area contributed by atoms with Crippen LogP contribution in [0.25, 0.3) is 0 Å². The van der Waals surface area contributed by atoms with E-state index in [4.69, 9.17) is 11.6 Å². The molecule has 1 aliphatic heterocycles. The lowest BCUT2D eigenvalue weighted by atomic mass is 9.85. The van der Waals surface area contributed by atoms with Crippen molar-refractivity contribution in [2.24, 2.45) is 11.8 Å². The van der Waals surface area contributed by atoms with Crippen LogP contribution in [0.5, 0.6) is 0 Å². The SMILES string of the molecule is O=C(CSc1ccc(N2C(=O)C3CC=CCC3C2=O)cc1)Nc1ccc(Cl)cc1. The van der Waals surface area contributed by atoms with E-state index < -0.39 is 0 Å². The molecule has 2 unspecified atom stereocenters. The van der Waals surface area contributed by atoms with Gasteiger partial charge in [0.05, 0.1) is 23.3 Å². The van der Waals surface area contributed by atoms with Crippen molar-refractivity contribution >= 4 is 52.5 Å². The Bertz CT molecular complexity index is 947. The van der Waals surface area contributed by atoms with Crippen LogP contribution in [0.3, 0.4) is 0 Å². The molecule has 3 amide bonds. The Hall–Kier alpha value is -2.57. The van der Waals surface area contributed by atoms with Crippen molar-refractivity contribution in [2.45, 2.75) is 17.7 Å². The first-order valence-electron chi connectivity index (χ1n) is 9.34. The maximum absolute atomic E-state index is 12.6. The number of amides is 3. The number of nitrogens with zero attached hydrogens (tertiary/aromatic N) is 1. The van der Waals surface area contributed by atoms with Gasteiger partial charge in [0.25, 0.3) is 0 Å². The molecule has 1 aliphatic carbocycles. The second-order valence-corrected chi connectivity index (χ2v) is 8.49. The summed E-state index contributed by atoms with van der Waals surface area (Å²) in [6.45, 7) is 0. The van der Waals surface area contributed by atoms with Crippen LogP contribution in [0.2, 0.25) is 5.02 Å². The number of fused-ring (bicyclic) bond motifs is 1. The zero-order valence-corrected chi connectivity index (χ0v) is 17.1. The number of carbonyl (C=O) groups excluding carboxylic acids is 3. The Morgan fingerprint density at radius 2 is 1.55 bits per heavy atom. The highest BCUT2D eigenvalue weighted by molar-refractivity contribution is 8.00. The fourth-order valence-corrected chi connectivity index (χ4v) is 4.45. The molecule has 0 spiro atoms. The van der Waals surface area contributed by atoms with Crippen LogP contribution in [0.4, 0.5) is 11.4 Å². The molecule has 4 rings (SSSR count). The molecule has 1 N–H and O–H groups in total. The van der Waals surface area contributed by atoms with Gasteiger partial charge in [-0.15, -0.1) is 11.8 Å². The molecule has 148 valence electrons. The van der Waals surface area contributed by atoms with Gasteiger partial charge >= 0.3 is 0 Å². The van der Waals surface area contributed by atoms with E-state index in [1.165, 1.54) is 16.7 Å². The summed E-state index contributed by atoms with van der Waals surface area (Å²) in [5.41, 5.74) is 1.28. The zero-order valence-electron chi connectivity index (χ0n) is 15.5. The minimum Gasteiger partial charge on any atom is -0.325 e. The van der Waals surface area contributed by atoms with Crippen LogP contribution in [-0.2, 0) is 14.4 Å². The number of anilines is 2. The van der Waals surface area contributed by atoms with Gasteiger partial charge in [-0.3, -0.25) is 19.3 Å². The first-order valence-corrected chi connectivity index (χ1v) is 10.7. The van der Waals surface area contributed by atoms with Crippen LogP contribution in [0.1, 0.15) is 12.8 Å². The molecule has 2 aliphatic rings. The van der Waals surface area contributed by atoms with Crippen molar-refractivity contribution in [3.05, 3.63) is 65.7 Å². The number of hydrogen-bond acceptors (Lipinski definition) is 4. The van der Waals surface area contributed by atoms with Crippen molar-refractivity contribution in [1.82, 2.24) is 0 Å². The first-order chi connectivity index (χ1) is 14.0. The number of thioether (sulfide) groups is 1. The maximum Gasteiger partial charge on any atom is 0.238 e. The highest BCUT2D eigenvalue weighted by Gasteiger charge is 2.47. The molecule has 5 nitrogen and oxygen atoms in total. The fourth-order valence-electron chi connectivity index (χ4n) is 3.63. The van der Waals surface area contributed by atoms with Gasteiger partial charge in [0.1, 0.15) is 0 Å². The van der Waals surface area contributed by atoms with Crippen molar-refractivity contribution in [3.8, 4) is 0 Å². The molecule has 0 bridgehead atoms. The molecule has 0 saturated carbocycles. The van der Waals surface area contributed by atoms with Gasteiger partial charge in [0.2, 0.25) is 17.7 Å². The number of carbonyl (C=O) groups is 3. The molecule has 29 heavy (non-hydrogen) atoms. The topological polar surface area (TPSA) is 66.5 Å². The lowest BCUT2D eigenvalue weighted by molar-refractivity contribution is -0.122. The number of halogens is 1. The van der Waals surface area contributed by atoms with Gasteiger partial charge in [0.15, 0.2) is 0 Å². The van der Waals surface area contributed by atoms with Gasteiger partial charge in [-0.05, 0) is 61.4 Å². The molecule has 2 aromatic carbocycles. The van der Waals surface area contributed by atoms with E-state index in [0.717, 1.165) is 4.90 Å². The molecule has 0 aromatic heterocycles. The van der Waals surface area contributed by atoms with Crippen LogP contribution >= 0.6 is 23.4 Å². The molecule has 1 fully saturated rings. The monoisotopic (exact) mass is 426 g/mol. The zero-order chi connectivity index (χ0) is 20.4. The Labute approximate surface area is 178 Å². The summed E-state index contributed by atoms with van der Waals surface area (Å²) in [7, 11) is 0. The average Bonchev–Trinajstić information content (AvgIpc) is 2.99. The number of hydrogen-bond donors (Lipinski definition) is 1. The minimum atomic E-state index is -0.238. The van der Waals surface area contributed by atoms with Crippen molar-refractivity contribution in [3.63, 3.8) is 0 Å². The summed E-state index contributed by atoms with van der Waals surface area (Å²) in [6, 6.07) is 14.1. The van der Waals surface area contributed by atoms with Crippen LogP contribution < -0.4 is 10.2 Å². The number of allylic oxidation sites excluding steroid dienone is 2. The van der Waals surface area contributed by atoms with Crippen molar-refractivity contribution in [2.75, 3.05) is 16.0 Å². The predicted octanol–water partition coefficient (Wildman–Crippen LogP) is 4.53. The van der Waals surface area contributed by atoms with Gasteiger partial charge in [-0.2, -0.15) is 0 Å². The van der Waals surface area contributed by atoms with E-state index in [0.29, 0.717) is 29.2 Å². The van der Waals surface area contributed by atoms with Gasteiger partial charge < -0.3 is 5.32 Å². The summed E-state index contributed by atoms with van der Waals surface area (Å²) in [5, 5.41) is 3.43. The second kappa shape index (κ2) is 8.43. The third-order valence-corrected chi connectivity index (χ3v) is 6.36. The smallest absolute Gasteiger partial charge is 0.238 e. The molecule has 1 heterocycles. The highest BCUT2D eigenvalue weighted by Crippen LogP contribution is 2.38. The normalized spacial score (nSPS) is 20.7. The third-order valence-electron chi connectivity index (χ3n) is 5.10. The van der Waals surface area contributed by atoms with E-state index in [-0.39, 0.29) is 35.3 Å². The molecule has 2 atom stereocenters. The lowest BCUT2D eigenvalue weighted by Gasteiger charge is -2.15. The summed E-state index contributed by atoms with van der Waals surface area (Å²) in [5.74, 6) is -0.586. The molecule has 1 saturated heterocycles. The summed E-state index contributed by atoms with van der Waals surface area (Å²) in [4.78, 5) is 39.6. The van der Waals surface area contributed by atoms with Crippen molar-refractivity contribution < 1.29 is 14.4 Å². The predicted molar refractivity (Wildman–Crippen MR) is 115 cm³/mol. The van der Waals surface area contributed by atoms with Crippen LogP contribution in [0, 0.1) is 11.8 Å². The number of nitrogens with one attached hydrogen (secondary N) is 1. The highest BCUT2D eigenvalue weighted by atomic mass is 35.5. The summed E-state index contributed by atoms with van der Waals surface area (Å²) < 4.78 is 0. The van der Waals surface area contributed by atoms with Gasteiger partial charge in [-0.1, -0.05) is 23.8 Å². The number of imide groups is 1. The lowest BCUT2D eigenvalue weighted by Crippen LogP contribution is -2.30. The first kappa shape index (κ1) is 19.7. The molecule has 0 radical (unpaired) electrons. The Morgan fingerprint density at radius 3 is 2.14 bits per heavy atom. The van der Waals surface area contributed by atoms with Crippen molar-refractivity contribution in [1.29, 1.82) is 0 Å². The average molecular weight is 427 g/mol. The molecule has 2 aromatic rings. The van der Waals surface area contributed by atoms with Crippen LogP contribution in [0.15, 0.2) is 65.6 Å². The quantitative estimate of drug-likeness (QED) is 0.433. The Morgan fingerprint density at radius 1 is 0.966 bits per heavy atom. The summed E-state index contributed by atoms with van der Waals surface area (Å²) in [6.07, 6.45) is 5.21. The van der Waals surface area contributed by atoms with E-state index in [1.54, 1.807) is 36.4 Å². The second-order valence-electron chi connectivity index (χ2n) is 7.01. The number of rotatable bonds is 5. The Balaban J connectivity index is 1.36.